The van der Waals surface area contributed by atoms with Crippen LogP contribution in [0.5, 0.6) is 5.88 Å². The molecule has 1 amide bonds. The van der Waals surface area contributed by atoms with Crippen LogP contribution in [0.4, 0.5) is 0 Å². The summed E-state index contributed by atoms with van der Waals surface area (Å²) < 4.78 is 6.60. The summed E-state index contributed by atoms with van der Waals surface area (Å²) in [5, 5.41) is 17.5. The molecule has 6 nitrogen and oxygen atoms in total. The summed E-state index contributed by atoms with van der Waals surface area (Å²) in [4.78, 5) is 12.3. The number of carbonyl (C=O) groups excluding carboxylic acids is 1. The number of hydrogen-bond acceptors (Lipinski definition) is 4. The van der Waals surface area contributed by atoms with E-state index in [2.05, 4.69) is 10.4 Å². The quantitative estimate of drug-likeness (QED) is 0.871. The van der Waals surface area contributed by atoms with Crippen molar-refractivity contribution in [2.24, 2.45) is 7.05 Å². The van der Waals surface area contributed by atoms with Crippen molar-refractivity contribution in [1.29, 1.82) is 0 Å². The van der Waals surface area contributed by atoms with E-state index in [9.17, 15) is 9.90 Å². The molecule has 0 aliphatic heterocycles. The smallest absolute Gasteiger partial charge is 0.258 e. The fourth-order valence-electron chi connectivity index (χ4n) is 2.91. The molecule has 1 heterocycles. The van der Waals surface area contributed by atoms with E-state index >= 15 is 0 Å². The number of aliphatic hydroxyl groups is 1. The van der Waals surface area contributed by atoms with E-state index in [1.165, 1.54) is 11.8 Å². The number of aromatic nitrogens is 2. The van der Waals surface area contributed by atoms with Crippen molar-refractivity contribution in [3.8, 4) is 5.88 Å². The Labute approximate surface area is 128 Å². The van der Waals surface area contributed by atoms with E-state index in [1.807, 2.05) is 24.3 Å². The average Bonchev–Trinajstić information content (AvgIpc) is 3.04. The zero-order valence-electron chi connectivity index (χ0n) is 12.7. The average molecular weight is 301 g/mol. The van der Waals surface area contributed by atoms with Gasteiger partial charge in [-0.2, -0.15) is 0 Å². The van der Waals surface area contributed by atoms with Gasteiger partial charge in [0.1, 0.15) is 5.56 Å². The number of fused-ring (bicyclic) bond motifs is 1. The van der Waals surface area contributed by atoms with Crippen LogP contribution in [0.3, 0.4) is 0 Å². The van der Waals surface area contributed by atoms with E-state index in [0.717, 1.165) is 11.1 Å². The van der Waals surface area contributed by atoms with Crippen molar-refractivity contribution in [3.63, 3.8) is 0 Å². The number of amides is 1. The standard InChI is InChI=1S/C16H19N3O3/c1-19-9-13(15(18-19)22-2)14(20)17-10-16(21)7-11-5-3-4-6-12(11)8-16/h3-6,9,21H,7-8,10H2,1-2H3,(H,17,20). The molecule has 0 fully saturated rings. The lowest BCUT2D eigenvalue weighted by atomic mass is 10.0. The van der Waals surface area contributed by atoms with Gasteiger partial charge in [-0.05, 0) is 11.1 Å². The van der Waals surface area contributed by atoms with Gasteiger partial charge in [0.05, 0.1) is 12.7 Å². The Morgan fingerprint density at radius 2 is 2.05 bits per heavy atom. The zero-order chi connectivity index (χ0) is 15.7. The first-order valence-electron chi connectivity index (χ1n) is 7.16. The van der Waals surface area contributed by atoms with Crippen LogP contribution < -0.4 is 10.1 Å². The molecule has 0 saturated carbocycles. The molecule has 116 valence electrons. The fourth-order valence-corrected chi connectivity index (χ4v) is 2.91. The molecule has 22 heavy (non-hydrogen) atoms. The first kappa shape index (κ1) is 14.6. The second-order valence-corrected chi connectivity index (χ2v) is 5.76. The van der Waals surface area contributed by atoms with Gasteiger partial charge in [-0.15, -0.1) is 5.10 Å². The van der Waals surface area contributed by atoms with E-state index < -0.39 is 5.60 Å². The van der Waals surface area contributed by atoms with Crippen LogP contribution >= 0.6 is 0 Å². The molecule has 1 aliphatic rings. The third-order valence-corrected chi connectivity index (χ3v) is 3.97. The molecule has 3 rings (SSSR count). The van der Waals surface area contributed by atoms with Crippen molar-refractivity contribution < 1.29 is 14.6 Å². The highest BCUT2D eigenvalue weighted by molar-refractivity contribution is 5.96. The molecule has 0 unspecified atom stereocenters. The molecule has 2 aromatic rings. The number of rotatable bonds is 4. The van der Waals surface area contributed by atoms with Gasteiger partial charge >= 0.3 is 0 Å². The van der Waals surface area contributed by atoms with Crippen LogP contribution in [-0.4, -0.2) is 40.0 Å². The molecule has 0 bridgehead atoms. The summed E-state index contributed by atoms with van der Waals surface area (Å²) in [6.45, 7) is 0.193. The van der Waals surface area contributed by atoms with Gasteiger partial charge in [0.25, 0.3) is 5.91 Å². The van der Waals surface area contributed by atoms with Crippen LogP contribution in [0.25, 0.3) is 0 Å². The predicted octanol–water partition coefficient (Wildman–Crippen LogP) is 0.688. The van der Waals surface area contributed by atoms with Gasteiger partial charge in [-0.3, -0.25) is 9.48 Å². The molecule has 1 aromatic carbocycles. The molecule has 0 radical (unpaired) electrons. The van der Waals surface area contributed by atoms with Crippen LogP contribution in [0.1, 0.15) is 21.5 Å². The van der Waals surface area contributed by atoms with Crippen LogP contribution in [0.15, 0.2) is 30.5 Å². The summed E-state index contributed by atoms with van der Waals surface area (Å²) in [5.41, 5.74) is 1.70. The van der Waals surface area contributed by atoms with Crippen LogP contribution in [-0.2, 0) is 19.9 Å². The molecule has 6 heteroatoms. The summed E-state index contributed by atoms with van der Waals surface area (Å²) in [6, 6.07) is 7.95. The molecule has 0 saturated heterocycles. The van der Waals surface area contributed by atoms with E-state index in [-0.39, 0.29) is 18.3 Å². The van der Waals surface area contributed by atoms with Gasteiger partial charge < -0.3 is 15.2 Å². The monoisotopic (exact) mass is 301 g/mol. The zero-order valence-corrected chi connectivity index (χ0v) is 12.7. The topological polar surface area (TPSA) is 76.4 Å². The van der Waals surface area contributed by atoms with Gasteiger partial charge in [-0.25, -0.2) is 0 Å². The van der Waals surface area contributed by atoms with E-state index in [4.69, 9.17) is 4.74 Å². The second-order valence-electron chi connectivity index (χ2n) is 5.76. The minimum Gasteiger partial charge on any atom is -0.479 e. The largest absolute Gasteiger partial charge is 0.479 e. The van der Waals surface area contributed by atoms with Crippen molar-refractivity contribution >= 4 is 5.91 Å². The molecule has 1 aliphatic carbocycles. The number of ether oxygens (including phenoxy) is 1. The maximum Gasteiger partial charge on any atom is 0.258 e. The predicted molar refractivity (Wildman–Crippen MR) is 80.9 cm³/mol. The van der Waals surface area contributed by atoms with Gasteiger partial charge in [0.15, 0.2) is 0 Å². The van der Waals surface area contributed by atoms with Crippen molar-refractivity contribution in [1.82, 2.24) is 15.1 Å². The highest BCUT2D eigenvalue weighted by atomic mass is 16.5. The number of carbonyl (C=O) groups is 1. The summed E-state index contributed by atoms with van der Waals surface area (Å²) >= 11 is 0. The molecular formula is C16H19N3O3. The van der Waals surface area contributed by atoms with Gasteiger partial charge in [0, 0.05) is 32.6 Å². The minimum atomic E-state index is -0.936. The van der Waals surface area contributed by atoms with Crippen molar-refractivity contribution in [2.75, 3.05) is 13.7 Å². The fraction of sp³-hybridized carbons (Fsp3) is 0.375. The van der Waals surface area contributed by atoms with Gasteiger partial charge in [-0.1, -0.05) is 24.3 Å². The summed E-state index contributed by atoms with van der Waals surface area (Å²) in [5.74, 6) is -0.0176. The number of benzene rings is 1. The van der Waals surface area contributed by atoms with Crippen molar-refractivity contribution in [3.05, 3.63) is 47.2 Å². The minimum absolute atomic E-state index is 0.193. The number of nitrogens with one attached hydrogen (secondary N) is 1. The highest BCUT2D eigenvalue weighted by Gasteiger charge is 2.35. The lowest BCUT2D eigenvalue weighted by molar-refractivity contribution is 0.0479. The number of hydrogen-bond donors (Lipinski definition) is 2. The Hall–Kier alpha value is -2.34. The summed E-state index contributed by atoms with van der Waals surface area (Å²) in [7, 11) is 3.20. The molecule has 0 spiro atoms. The number of nitrogens with zero attached hydrogens (tertiary/aromatic N) is 2. The molecule has 2 N–H and O–H groups in total. The maximum atomic E-state index is 12.3. The van der Waals surface area contributed by atoms with Crippen LogP contribution in [0, 0.1) is 0 Å². The van der Waals surface area contributed by atoms with E-state index in [1.54, 1.807) is 13.2 Å². The van der Waals surface area contributed by atoms with Crippen LogP contribution in [0.2, 0.25) is 0 Å². The maximum absolute atomic E-state index is 12.3. The SMILES string of the molecule is COc1nn(C)cc1C(=O)NCC1(O)Cc2ccccc2C1. The lowest BCUT2D eigenvalue weighted by Gasteiger charge is -2.22. The Kier molecular flexibility index (Phi) is 3.62. The molecular weight excluding hydrogens is 282 g/mol. The Balaban J connectivity index is 1.67. The third-order valence-electron chi connectivity index (χ3n) is 3.97. The molecule has 0 atom stereocenters. The third kappa shape index (κ3) is 2.69. The van der Waals surface area contributed by atoms with Gasteiger partial charge in [0.2, 0.25) is 5.88 Å². The number of aryl methyl sites for hydroxylation is 1. The first-order valence-corrected chi connectivity index (χ1v) is 7.16. The Morgan fingerprint density at radius 3 is 2.64 bits per heavy atom. The Morgan fingerprint density at radius 1 is 1.41 bits per heavy atom. The first-order chi connectivity index (χ1) is 10.5. The van der Waals surface area contributed by atoms with E-state index in [0.29, 0.717) is 18.4 Å². The van der Waals surface area contributed by atoms with Crippen molar-refractivity contribution in [2.45, 2.75) is 18.4 Å². The lowest BCUT2D eigenvalue weighted by Crippen LogP contribution is -2.43. The molecule has 1 aromatic heterocycles. The normalized spacial score (nSPS) is 15.4. The second kappa shape index (κ2) is 5.46. The highest BCUT2D eigenvalue weighted by Crippen LogP contribution is 2.29. The summed E-state index contributed by atoms with van der Waals surface area (Å²) in [6.07, 6.45) is 2.70. The Bertz CT molecular complexity index is 683. The number of methoxy groups -OCH3 is 1.